The maximum Gasteiger partial charge on any atom is 1.00 e. The van der Waals surface area contributed by atoms with Crippen LogP contribution in [0.1, 0.15) is 25.7 Å². The van der Waals surface area contributed by atoms with Gasteiger partial charge in [-0.2, -0.15) is 8.78 Å². The number of halogens is 2. The Morgan fingerprint density at radius 2 is 1.95 bits per heavy atom. The van der Waals surface area contributed by atoms with Gasteiger partial charge < -0.3 is 9.29 Å². The molecule has 2 rings (SSSR count). The van der Waals surface area contributed by atoms with Gasteiger partial charge in [0.1, 0.15) is 0 Å². The summed E-state index contributed by atoms with van der Waals surface area (Å²) in [6.07, 6.45) is 3.43. The van der Waals surface area contributed by atoms with Gasteiger partial charge in [0.15, 0.2) is 16.7 Å². The first-order valence-electron chi connectivity index (χ1n) is 5.70. The quantitative estimate of drug-likeness (QED) is 0.344. The van der Waals surface area contributed by atoms with Crippen molar-refractivity contribution in [2.45, 2.75) is 30.9 Å². The van der Waals surface area contributed by atoms with Gasteiger partial charge in [-0.25, -0.2) is 8.42 Å². The Labute approximate surface area is 132 Å². The molecule has 0 amide bonds. The van der Waals surface area contributed by atoms with Crippen LogP contribution in [0.5, 0.6) is 0 Å². The van der Waals surface area contributed by atoms with E-state index < -0.39 is 33.9 Å². The number of alkyl halides is 2. The SMILES string of the molecule is O=C(OCC(F)(F)S(=O)(=O)[O-])C1CC2CCC1C2.[Na+]. The summed E-state index contributed by atoms with van der Waals surface area (Å²) in [5.74, 6) is -0.643. The molecule has 0 aromatic heterocycles. The molecule has 19 heavy (non-hydrogen) atoms. The molecule has 104 valence electrons. The third-order valence-electron chi connectivity index (χ3n) is 3.79. The molecule has 2 fully saturated rings. The van der Waals surface area contributed by atoms with Crippen LogP contribution in [0.15, 0.2) is 0 Å². The average Bonchev–Trinajstić information content (AvgIpc) is 2.85. The first kappa shape index (κ1) is 17.3. The molecule has 3 atom stereocenters. The van der Waals surface area contributed by atoms with E-state index in [9.17, 15) is 26.5 Å². The predicted octanol–water partition coefficient (Wildman–Crippen LogP) is -1.89. The van der Waals surface area contributed by atoms with Gasteiger partial charge in [-0.3, -0.25) is 4.79 Å². The number of ether oxygens (including phenoxy) is 1. The van der Waals surface area contributed by atoms with Crippen LogP contribution in [-0.4, -0.2) is 30.8 Å². The Morgan fingerprint density at radius 1 is 1.32 bits per heavy atom. The van der Waals surface area contributed by atoms with E-state index in [2.05, 4.69) is 4.74 Å². The van der Waals surface area contributed by atoms with Crippen LogP contribution in [-0.2, 0) is 19.6 Å². The minimum Gasteiger partial charge on any atom is -0.743 e. The zero-order chi connectivity index (χ0) is 13.6. The predicted molar refractivity (Wildman–Crippen MR) is 54.5 cm³/mol. The number of esters is 1. The van der Waals surface area contributed by atoms with Crippen LogP contribution in [0.2, 0.25) is 0 Å². The number of fused-ring (bicyclic) bond motifs is 2. The molecular weight excluding hydrogens is 293 g/mol. The van der Waals surface area contributed by atoms with Crippen LogP contribution in [0.4, 0.5) is 8.78 Å². The fraction of sp³-hybridized carbons (Fsp3) is 0.900. The van der Waals surface area contributed by atoms with E-state index in [0.29, 0.717) is 12.3 Å². The van der Waals surface area contributed by atoms with Crippen molar-refractivity contribution in [3.05, 3.63) is 0 Å². The van der Waals surface area contributed by atoms with Gasteiger partial charge in [-0.15, -0.1) is 0 Å². The number of rotatable bonds is 4. The monoisotopic (exact) mass is 306 g/mol. The third-order valence-corrected chi connectivity index (χ3v) is 4.64. The van der Waals surface area contributed by atoms with Crippen LogP contribution < -0.4 is 29.6 Å². The fourth-order valence-corrected chi connectivity index (χ4v) is 3.07. The van der Waals surface area contributed by atoms with Gasteiger partial charge in [0.05, 0.1) is 5.92 Å². The summed E-state index contributed by atoms with van der Waals surface area (Å²) in [4.78, 5) is 11.6. The molecule has 2 saturated carbocycles. The van der Waals surface area contributed by atoms with E-state index in [-0.39, 0.29) is 35.5 Å². The second-order valence-corrected chi connectivity index (χ2v) is 6.49. The smallest absolute Gasteiger partial charge is 0.743 e. The van der Waals surface area contributed by atoms with Crippen LogP contribution >= 0.6 is 0 Å². The molecular formula is C10H13F2NaO5S. The summed E-state index contributed by atoms with van der Waals surface area (Å²) in [6, 6.07) is 0. The molecule has 0 aromatic carbocycles. The first-order chi connectivity index (χ1) is 8.21. The summed E-state index contributed by atoms with van der Waals surface area (Å²) < 4.78 is 60.5. The largest absolute Gasteiger partial charge is 1.00 e. The minimum atomic E-state index is -5.79. The van der Waals surface area contributed by atoms with E-state index in [4.69, 9.17) is 0 Å². The van der Waals surface area contributed by atoms with Crippen molar-refractivity contribution in [1.82, 2.24) is 0 Å². The van der Waals surface area contributed by atoms with Gasteiger partial charge in [0.2, 0.25) is 0 Å². The topological polar surface area (TPSA) is 83.5 Å². The summed E-state index contributed by atoms with van der Waals surface area (Å²) in [6.45, 7) is -1.69. The molecule has 0 N–H and O–H groups in total. The van der Waals surface area contributed by atoms with Gasteiger partial charge in [0.25, 0.3) is 0 Å². The Kier molecular flexibility index (Phi) is 5.40. The van der Waals surface area contributed by atoms with E-state index in [1.165, 1.54) is 0 Å². The Hall–Kier alpha value is 0.240. The molecule has 2 aliphatic carbocycles. The molecule has 2 aliphatic rings. The molecule has 0 heterocycles. The van der Waals surface area contributed by atoms with E-state index in [1.54, 1.807) is 0 Å². The Morgan fingerprint density at radius 3 is 2.37 bits per heavy atom. The second-order valence-electron chi connectivity index (χ2n) is 4.98. The average molecular weight is 306 g/mol. The minimum absolute atomic E-state index is 0. The van der Waals surface area contributed by atoms with E-state index in [0.717, 1.165) is 19.3 Å². The number of hydrogen-bond acceptors (Lipinski definition) is 5. The molecule has 9 heteroatoms. The summed E-state index contributed by atoms with van der Waals surface area (Å²) >= 11 is 0. The third kappa shape index (κ3) is 3.66. The molecule has 5 nitrogen and oxygen atoms in total. The zero-order valence-corrected chi connectivity index (χ0v) is 13.3. The molecule has 0 radical (unpaired) electrons. The molecule has 3 unspecified atom stereocenters. The molecule has 0 aromatic rings. The molecule has 0 spiro atoms. The zero-order valence-electron chi connectivity index (χ0n) is 10.5. The number of hydrogen-bond donors (Lipinski definition) is 0. The fourth-order valence-electron chi connectivity index (χ4n) is 2.87. The first-order valence-corrected chi connectivity index (χ1v) is 7.11. The standard InChI is InChI=1S/C10H14F2O5S.Na/c11-10(12,18(14,15)16)5-17-9(13)8-4-6-1-2-7(8)3-6;/h6-8H,1-5H2,(H,14,15,16);/q;+1/p-1. The van der Waals surface area contributed by atoms with Crippen LogP contribution in [0, 0.1) is 17.8 Å². The van der Waals surface area contributed by atoms with Crippen molar-refractivity contribution in [1.29, 1.82) is 0 Å². The molecule has 0 aliphatic heterocycles. The van der Waals surface area contributed by atoms with Crippen molar-refractivity contribution < 1.29 is 60.8 Å². The second kappa shape index (κ2) is 5.93. The van der Waals surface area contributed by atoms with Crippen LogP contribution in [0.25, 0.3) is 0 Å². The summed E-state index contributed by atoms with van der Waals surface area (Å²) in [5.41, 5.74) is 0. The molecule has 0 saturated heterocycles. The van der Waals surface area contributed by atoms with Crippen molar-refractivity contribution in [3.8, 4) is 0 Å². The Bertz CT molecular complexity index is 453. The Balaban J connectivity index is 0.00000180. The maximum absolute atomic E-state index is 12.8. The van der Waals surface area contributed by atoms with Gasteiger partial charge >= 0.3 is 40.8 Å². The van der Waals surface area contributed by atoms with E-state index in [1.807, 2.05) is 0 Å². The van der Waals surface area contributed by atoms with Gasteiger partial charge in [-0.05, 0) is 31.1 Å². The summed E-state index contributed by atoms with van der Waals surface area (Å²) in [7, 11) is -5.79. The number of carbonyl (C=O) groups excluding carboxylic acids is 1. The van der Waals surface area contributed by atoms with Gasteiger partial charge in [-0.1, -0.05) is 6.42 Å². The van der Waals surface area contributed by atoms with Gasteiger partial charge in [0, 0.05) is 0 Å². The molecule has 2 bridgehead atoms. The van der Waals surface area contributed by atoms with Crippen molar-refractivity contribution >= 4 is 16.1 Å². The van der Waals surface area contributed by atoms with Crippen molar-refractivity contribution in [2.24, 2.45) is 17.8 Å². The maximum atomic E-state index is 12.8. The normalized spacial score (nSPS) is 29.9. The number of carbonyl (C=O) groups is 1. The van der Waals surface area contributed by atoms with Crippen molar-refractivity contribution in [3.63, 3.8) is 0 Å². The van der Waals surface area contributed by atoms with Crippen LogP contribution in [0.3, 0.4) is 0 Å². The van der Waals surface area contributed by atoms with E-state index >= 15 is 0 Å². The summed E-state index contributed by atoms with van der Waals surface area (Å²) in [5, 5.41) is -4.56. The van der Waals surface area contributed by atoms with Crippen molar-refractivity contribution in [2.75, 3.05) is 6.61 Å².